The summed E-state index contributed by atoms with van der Waals surface area (Å²) >= 11 is 0. The van der Waals surface area contributed by atoms with Gasteiger partial charge in [0.15, 0.2) is 0 Å². The number of rotatable bonds is 5. The lowest BCUT2D eigenvalue weighted by molar-refractivity contribution is -0.141. The van der Waals surface area contributed by atoms with Crippen LogP contribution in [0, 0.1) is 5.92 Å². The standard InChI is InChI=1S/C23H30N4O4/c1-3-15(2)17-9-5-6-10-18(17)26-14-16(13-19(26)28)20(29)25-27-21(30)23(24-22(27)31)11-7-4-8-12-23/h5-6,9-10,15-16H,3-4,7-8,11-14H2,1-2H3,(H,24,31)(H,25,29)/t15-,16+/m0/s1. The van der Waals surface area contributed by atoms with Crippen molar-refractivity contribution in [2.45, 2.75) is 70.3 Å². The Morgan fingerprint density at radius 3 is 2.61 bits per heavy atom. The Morgan fingerprint density at radius 1 is 1.19 bits per heavy atom. The highest BCUT2D eigenvalue weighted by Gasteiger charge is 2.52. The molecule has 3 aliphatic rings. The first-order valence-electron chi connectivity index (χ1n) is 11.2. The number of anilines is 1. The van der Waals surface area contributed by atoms with Crippen molar-refractivity contribution in [2.75, 3.05) is 11.4 Å². The van der Waals surface area contributed by atoms with Crippen LogP contribution in [0.15, 0.2) is 24.3 Å². The smallest absolute Gasteiger partial charge is 0.322 e. The Kier molecular flexibility index (Phi) is 5.73. The highest BCUT2D eigenvalue weighted by molar-refractivity contribution is 6.08. The van der Waals surface area contributed by atoms with Gasteiger partial charge in [0.1, 0.15) is 5.54 Å². The number of nitrogens with one attached hydrogen (secondary N) is 2. The van der Waals surface area contributed by atoms with Crippen molar-refractivity contribution in [1.29, 1.82) is 0 Å². The fourth-order valence-corrected chi connectivity index (χ4v) is 4.90. The molecule has 8 nitrogen and oxygen atoms in total. The molecule has 0 bridgehead atoms. The van der Waals surface area contributed by atoms with Crippen LogP contribution in [0.2, 0.25) is 0 Å². The van der Waals surface area contributed by atoms with E-state index in [-0.39, 0.29) is 24.8 Å². The van der Waals surface area contributed by atoms with E-state index in [4.69, 9.17) is 0 Å². The van der Waals surface area contributed by atoms with Gasteiger partial charge in [0.25, 0.3) is 5.91 Å². The largest absolute Gasteiger partial charge is 0.344 e. The molecule has 2 aliphatic heterocycles. The molecule has 3 fully saturated rings. The Labute approximate surface area is 182 Å². The first-order chi connectivity index (χ1) is 14.9. The van der Waals surface area contributed by atoms with E-state index in [0.29, 0.717) is 12.8 Å². The fraction of sp³-hybridized carbons (Fsp3) is 0.565. The summed E-state index contributed by atoms with van der Waals surface area (Å²) in [5.41, 5.74) is 3.50. The van der Waals surface area contributed by atoms with Gasteiger partial charge in [-0.2, -0.15) is 5.01 Å². The van der Waals surface area contributed by atoms with Crippen LogP contribution in [-0.4, -0.2) is 40.8 Å². The minimum atomic E-state index is -0.893. The number of benzene rings is 1. The van der Waals surface area contributed by atoms with E-state index in [1.807, 2.05) is 24.3 Å². The molecule has 0 radical (unpaired) electrons. The second kappa shape index (κ2) is 8.32. The molecule has 1 aromatic rings. The summed E-state index contributed by atoms with van der Waals surface area (Å²) in [5, 5.41) is 3.59. The van der Waals surface area contributed by atoms with Crippen molar-refractivity contribution in [3.63, 3.8) is 0 Å². The molecule has 166 valence electrons. The van der Waals surface area contributed by atoms with E-state index in [0.717, 1.165) is 41.9 Å². The van der Waals surface area contributed by atoms with Crippen LogP contribution >= 0.6 is 0 Å². The molecule has 0 unspecified atom stereocenters. The number of urea groups is 1. The second-order valence-electron chi connectivity index (χ2n) is 8.96. The van der Waals surface area contributed by atoms with Crippen molar-refractivity contribution in [3.8, 4) is 0 Å². The monoisotopic (exact) mass is 426 g/mol. The first-order valence-corrected chi connectivity index (χ1v) is 11.2. The molecule has 2 N–H and O–H groups in total. The molecule has 1 saturated carbocycles. The van der Waals surface area contributed by atoms with Gasteiger partial charge in [-0.25, -0.2) is 4.79 Å². The summed E-state index contributed by atoms with van der Waals surface area (Å²) in [6.45, 7) is 4.44. The van der Waals surface area contributed by atoms with E-state index >= 15 is 0 Å². The quantitative estimate of drug-likeness (QED) is 0.708. The molecule has 0 aromatic heterocycles. The molecule has 8 heteroatoms. The van der Waals surface area contributed by atoms with Crippen LogP contribution in [0.1, 0.15) is 70.3 Å². The Morgan fingerprint density at radius 2 is 1.90 bits per heavy atom. The minimum absolute atomic E-state index is 0.0511. The van der Waals surface area contributed by atoms with Gasteiger partial charge in [-0.05, 0) is 36.8 Å². The third-order valence-corrected chi connectivity index (χ3v) is 6.96. The minimum Gasteiger partial charge on any atom is -0.322 e. The molecule has 1 aliphatic carbocycles. The summed E-state index contributed by atoms with van der Waals surface area (Å²) in [7, 11) is 0. The normalized spacial score (nSPS) is 23.9. The van der Waals surface area contributed by atoms with Gasteiger partial charge < -0.3 is 10.2 Å². The van der Waals surface area contributed by atoms with Crippen LogP contribution in [0.3, 0.4) is 0 Å². The summed E-state index contributed by atoms with van der Waals surface area (Å²) in [5.74, 6) is -1.34. The zero-order valence-corrected chi connectivity index (χ0v) is 18.1. The molecule has 4 rings (SSSR count). The molecule has 2 saturated heterocycles. The average Bonchev–Trinajstić information content (AvgIpc) is 3.27. The molecule has 1 aromatic carbocycles. The molecule has 31 heavy (non-hydrogen) atoms. The van der Waals surface area contributed by atoms with Gasteiger partial charge in [0.2, 0.25) is 11.8 Å². The van der Waals surface area contributed by atoms with Gasteiger partial charge in [-0.3, -0.25) is 19.8 Å². The van der Waals surface area contributed by atoms with Crippen molar-refractivity contribution in [3.05, 3.63) is 29.8 Å². The maximum atomic E-state index is 12.9. The Balaban J connectivity index is 1.46. The van der Waals surface area contributed by atoms with Crippen LogP contribution in [-0.2, 0) is 14.4 Å². The number of hydrazine groups is 1. The topological polar surface area (TPSA) is 98.8 Å². The lowest BCUT2D eigenvalue weighted by Crippen LogP contribution is -2.52. The lowest BCUT2D eigenvalue weighted by Gasteiger charge is -2.30. The van der Waals surface area contributed by atoms with Crippen LogP contribution in [0.4, 0.5) is 10.5 Å². The Hall–Kier alpha value is -2.90. The highest BCUT2D eigenvalue weighted by Crippen LogP contribution is 2.35. The number of carbonyl (C=O) groups is 4. The van der Waals surface area contributed by atoms with E-state index < -0.39 is 29.3 Å². The Bertz CT molecular complexity index is 909. The summed E-state index contributed by atoms with van der Waals surface area (Å²) < 4.78 is 0. The predicted molar refractivity (Wildman–Crippen MR) is 115 cm³/mol. The van der Waals surface area contributed by atoms with Gasteiger partial charge in [-0.15, -0.1) is 0 Å². The first kappa shape index (κ1) is 21.3. The van der Waals surface area contributed by atoms with E-state index in [2.05, 4.69) is 24.6 Å². The second-order valence-corrected chi connectivity index (χ2v) is 8.96. The van der Waals surface area contributed by atoms with Crippen molar-refractivity contribution < 1.29 is 19.2 Å². The molecule has 1 spiro atoms. The lowest BCUT2D eigenvalue weighted by atomic mass is 9.82. The summed E-state index contributed by atoms with van der Waals surface area (Å²) in [4.78, 5) is 52.6. The van der Waals surface area contributed by atoms with Gasteiger partial charge in [0.05, 0.1) is 5.92 Å². The number of nitrogens with zero attached hydrogens (tertiary/aromatic N) is 2. The fourth-order valence-electron chi connectivity index (χ4n) is 4.90. The molecule has 5 amide bonds. The summed E-state index contributed by atoms with van der Waals surface area (Å²) in [6, 6.07) is 7.17. The molecule has 2 atom stereocenters. The SMILES string of the molecule is CC[C@H](C)c1ccccc1N1C[C@H](C(=O)NN2C(=O)NC3(CCCCC3)C2=O)CC1=O. The van der Waals surface area contributed by atoms with Crippen molar-refractivity contribution in [2.24, 2.45) is 5.92 Å². The van der Waals surface area contributed by atoms with E-state index in [1.54, 1.807) is 4.90 Å². The zero-order valence-electron chi connectivity index (χ0n) is 18.1. The molecular weight excluding hydrogens is 396 g/mol. The number of carbonyl (C=O) groups excluding carboxylic acids is 4. The van der Waals surface area contributed by atoms with Gasteiger partial charge in [0, 0.05) is 18.7 Å². The van der Waals surface area contributed by atoms with Crippen molar-refractivity contribution in [1.82, 2.24) is 15.8 Å². The van der Waals surface area contributed by atoms with Crippen LogP contribution < -0.4 is 15.6 Å². The predicted octanol–water partition coefficient (Wildman–Crippen LogP) is 2.84. The third-order valence-electron chi connectivity index (χ3n) is 6.96. The van der Waals surface area contributed by atoms with Gasteiger partial charge in [-0.1, -0.05) is 51.3 Å². The third kappa shape index (κ3) is 3.79. The van der Waals surface area contributed by atoms with Crippen LogP contribution in [0.5, 0.6) is 0 Å². The number of hydrogen-bond acceptors (Lipinski definition) is 4. The molecular formula is C23H30N4O4. The van der Waals surface area contributed by atoms with E-state index in [9.17, 15) is 19.2 Å². The summed E-state index contributed by atoms with van der Waals surface area (Å²) in [6.07, 6.45) is 4.95. The van der Waals surface area contributed by atoms with E-state index in [1.165, 1.54) is 0 Å². The van der Waals surface area contributed by atoms with Crippen molar-refractivity contribution >= 4 is 29.4 Å². The number of amides is 5. The highest BCUT2D eigenvalue weighted by atomic mass is 16.2. The maximum Gasteiger partial charge on any atom is 0.344 e. The number of hydrogen-bond donors (Lipinski definition) is 2. The number of para-hydroxylation sites is 1. The van der Waals surface area contributed by atoms with Crippen LogP contribution in [0.25, 0.3) is 0 Å². The number of imide groups is 1. The molecule has 2 heterocycles. The average molecular weight is 427 g/mol. The maximum absolute atomic E-state index is 12.9. The zero-order chi connectivity index (χ0) is 22.2. The van der Waals surface area contributed by atoms with Gasteiger partial charge >= 0.3 is 6.03 Å².